The first-order valence-electron chi connectivity index (χ1n) is 8.21. The van der Waals surface area contributed by atoms with E-state index in [1.807, 2.05) is 0 Å². The number of amides is 4. The van der Waals surface area contributed by atoms with E-state index < -0.39 is 12.1 Å². The van der Waals surface area contributed by atoms with E-state index in [9.17, 15) is 9.59 Å². The third-order valence-corrected chi connectivity index (χ3v) is 3.44. The van der Waals surface area contributed by atoms with Crippen LogP contribution < -0.4 is 10.6 Å². The Morgan fingerprint density at radius 2 is 0.923 bits per heavy atom. The van der Waals surface area contributed by atoms with Crippen molar-refractivity contribution in [3.05, 3.63) is 24.3 Å². The quantitative estimate of drug-likeness (QED) is 0.322. The molecular weight excluding hydrogens is 344 g/mol. The van der Waals surface area contributed by atoms with Gasteiger partial charge in [-0.05, 0) is 24.3 Å². The molecule has 0 spiro atoms. The minimum Gasteiger partial charge on any atom is -0.395 e. The molecule has 0 aliphatic carbocycles. The highest BCUT2D eigenvalue weighted by Crippen LogP contribution is 2.14. The number of carbonyl (C=O) groups is 2. The molecule has 1 aromatic carbocycles. The molecule has 4 amide bonds. The smallest absolute Gasteiger partial charge is 0.321 e. The molecule has 0 aromatic heterocycles. The molecule has 0 heterocycles. The van der Waals surface area contributed by atoms with Crippen molar-refractivity contribution in [2.45, 2.75) is 0 Å². The summed E-state index contributed by atoms with van der Waals surface area (Å²) in [6.07, 6.45) is 0. The summed E-state index contributed by atoms with van der Waals surface area (Å²) >= 11 is 0. The van der Waals surface area contributed by atoms with Crippen LogP contribution in [-0.4, -0.2) is 94.9 Å². The van der Waals surface area contributed by atoms with Gasteiger partial charge in [0.2, 0.25) is 0 Å². The topological polar surface area (TPSA) is 146 Å². The van der Waals surface area contributed by atoms with Gasteiger partial charge in [0.1, 0.15) is 0 Å². The third-order valence-electron chi connectivity index (χ3n) is 3.44. The average molecular weight is 370 g/mol. The van der Waals surface area contributed by atoms with Crippen LogP contribution >= 0.6 is 0 Å². The lowest BCUT2D eigenvalue weighted by atomic mass is 10.3. The molecule has 0 atom stereocenters. The monoisotopic (exact) mass is 370 g/mol. The maximum Gasteiger partial charge on any atom is 0.321 e. The molecule has 26 heavy (non-hydrogen) atoms. The molecule has 0 saturated heterocycles. The van der Waals surface area contributed by atoms with E-state index in [1.54, 1.807) is 24.3 Å². The van der Waals surface area contributed by atoms with E-state index in [-0.39, 0.29) is 52.6 Å². The van der Waals surface area contributed by atoms with Gasteiger partial charge in [-0.25, -0.2) is 9.59 Å². The summed E-state index contributed by atoms with van der Waals surface area (Å²) in [5, 5.41) is 41.0. The Kier molecular flexibility index (Phi) is 10.0. The summed E-state index contributed by atoms with van der Waals surface area (Å²) in [6.45, 7) is -0.434. The number of nitrogens with one attached hydrogen (secondary N) is 2. The molecule has 0 unspecified atom stereocenters. The predicted octanol–water partition coefficient (Wildman–Crippen LogP) is -0.676. The van der Waals surface area contributed by atoms with E-state index in [0.717, 1.165) is 0 Å². The summed E-state index contributed by atoms with van der Waals surface area (Å²) in [7, 11) is 0. The molecule has 0 aliphatic heterocycles. The standard InChI is InChI=1S/C16H26N4O6/c21-9-5-19(6-10-22)15(25)17-13-1-2-14(4-3-13)18-16(26)20(7-11-23)8-12-24/h1-4,21-24H,5-12H2,(H,17,25)(H,18,26). The number of rotatable bonds is 10. The number of nitrogens with zero attached hydrogens (tertiary/aromatic N) is 2. The molecular formula is C16H26N4O6. The van der Waals surface area contributed by atoms with Crippen molar-refractivity contribution in [2.75, 3.05) is 63.2 Å². The van der Waals surface area contributed by atoms with Crippen molar-refractivity contribution in [2.24, 2.45) is 0 Å². The summed E-state index contributed by atoms with van der Waals surface area (Å²) in [4.78, 5) is 26.7. The first-order chi connectivity index (χ1) is 12.5. The van der Waals surface area contributed by atoms with Crippen molar-refractivity contribution in [1.29, 1.82) is 0 Å². The second kappa shape index (κ2) is 12.0. The zero-order valence-corrected chi connectivity index (χ0v) is 14.5. The van der Waals surface area contributed by atoms with Crippen LogP contribution in [0.15, 0.2) is 24.3 Å². The van der Waals surface area contributed by atoms with Crippen LogP contribution in [0.1, 0.15) is 0 Å². The van der Waals surface area contributed by atoms with Gasteiger partial charge in [-0.15, -0.1) is 0 Å². The van der Waals surface area contributed by atoms with E-state index in [4.69, 9.17) is 20.4 Å². The summed E-state index contributed by atoms with van der Waals surface area (Å²) in [5.74, 6) is 0. The van der Waals surface area contributed by atoms with Gasteiger partial charge in [-0.1, -0.05) is 0 Å². The molecule has 0 aliphatic rings. The maximum absolute atomic E-state index is 12.1. The highest BCUT2D eigenvalue weighted by molar-refractivity contribution is 5.91. The van der Waals surface area contributed by atoms with Crippen molar-refractivity contribution in [3.63, 3.8) is 0 Å². The minimum atomic E-state index is -0.457. The lowest BCUT2D eigenvalue weighted by Gasteiger charge is -2.22. The van der Waals surface area contributed by atoms with Crippen molar-refractivity contribution < 1.29 is 30.0 Å². The number of urea groups is 2. The largest absolute Gasteiger partial charge is 0.395 e. The summed E-state index contributed by atoms with van der Waals surface area (Å²) in [5.41, 5.74) is 0.966. The number of carbonyl (C=O) groups excluding carboxylic acids is 2. The van der Waals surface area contributed by atoms with Crippen LogP contribution in [0.25, 0.3) is 0 Å². The van der Waals surface area contributed by atoms with E-state index >= 15 is 0 Å². The van der Waals surface area contributed by atoms with Gasteiger partial charge in [0.25, 0.3) is 0 Å². The molecule has 0 saturated carbocycles. The number of hydrogen-bond acceptors (Lipinski definition) is 6. The Balaban J connectivity index is 2.64. The molecule has 0 radical (unpaired) electrons. The Labute approximate surface area is 151 Å². The Bertz CT molecular complexity index is 493. The van der Waals surface area contributed by atoms with Crippen LogP contribution in [0.3, 0.4) is 0 Å². The summed E-state index contributed by atoms with van der Waals surface area (Å²) < 4.78 is 0. The fourth-order valence-corrected chi connectivity index (χ4v) is 2.15. The second-order valence-electron chi connectivity index (χ2n) is 5.31. The number of hydrogen-bond donors (Lipinski definition) is 6. The molecule has 10 heteroatoms. The molecule has 0 fully saturated rings. The van der Waals surface area contributed by atoms with E-state index in [2.05, 4.69) is 10.6 Å². The summed E-state index contributed by atoms with van der Waals surface area (Å²) in [6, 6.07) is 5.44. The lowest BCUT2D eigenvalue weighted by molar-refractivity contribution is 0.167. The van der Waals surface area contributed by atoms with Crippen molar-refractivity contribution in [1.82, 2.24) is 9.80 Å². The van der Waals surface area contributed by atoms with Gasteiger partial charge >= 0.3 is 12.1 Å². The van der Waals surface area contributed by atoms with E-state index in [0.29, 0.717) is 11.4 Å². The van der Waals surface area contributed by atoms with Crippen LogP contribution in [0.2, 0.25) is 0 Å². The van der Waals surface area contributed by atoms with Gasteiger partial charge in [-0.2, -0.15) is 0 Å². The Hall–Kier alpha value is -2.40. The first kappa shape index (κ1) is 21.6. The SMILES string of the molecule is O=C(Nc1ccc(NC(=O)N(CCO)CCO)cc1)N(CCO)CCO. The maximum atomic E-state index is 12.1. The highest BCUT2D eigenvalue weighted by Gasteiger charge is 2.14. The zero-order chi connectivity index (χ0) is 19.4. The number of benzene rings is 1. The number of aliphatic hydroxyl groups is 4. The molecule has 1 rings (SSSR count). The average Bonchev–Trinajstić information content (AvgIpc) is 2.63. The van der Waals surface area contributed by atoms with Gasteiger partial charge in [-0.3, -0.25) is 0 Å². The van der Waals surface area contributed by atoms with Gasteiger partial charge < -0.3 is 40.9 Å². The minimum absolute atomic E-state index is 0.103. The zero-order valence-electron chi connectivity index (χ0n) is 14.5. The van der Waals surface area contributed by atoms with Crippen molar-refractivity contribution in [3.8, 4) is 0 Å². The van der Waals surface area contributed by atoms with Crippen LogP contribution in [-0.2, 0) is 0 Å². The molecule has 1 aromatic rings. The second-order valence-corrected chi connectivity index (χ2v) is 5.31. The van der Waals surface area contributed by atoms with Crippen LogP contribution in [0.5, 0.6) is 0 Å². The molecule has 0 bridgehead atoms. The predicted molar refractivity (Wildman–Crippen MR) is 96.0 cm³/mol. The number of aliphatic hydroxyl groups excluding tert-OH is 4. The number of anilines is 2. The van der Waals surface area contributed by atoms with Crippen LogP contribution in [0, 0.1) is 0 Å². The van der Waals surface area contributed by atoms with Gasteiger partial charge in [0.05, 0.1) is 26.4 Å². The fourth-order valence-electron chi connectivity index (χ4n) is 2.15. The highest BCUT2D eigenvalue weighted by atomic mass is 16.3. The Morgan fingerprint density at radius 3 is 1.15 bits per heavy atom. The van der Waals surface area contributed by atoms with Crippen LogP contribution in [0.4, 0.5) is 21.0 Å². The Morgan fingerprint density at radius 1 is 0.654 bits per heavy atom. The lowest BCUT2D eigenvalue weighted by Crippen LogP contribution is -2.39. The fraction of sp³-hybridized carbons (Fsp3) is 0.500. The normalized spacial score (nSPS) is 10.3. The van der Waals surface area contributed by atoms with Gasteiger partial charge in [0.15, 0.2) is 0 Å². The molecule has 146 valence electrons. The molecule has 10 nitrogen and oxygen atoms in total. The molecule has 6 N–H and O–H groups in total. The van der Waals surface area contributed by atoms with Crippen molar-refractivity contribution >= 4 is 23.4 Å². The third kappa shape index (κ3) is 7.23. The van der Waals surface area contributed by atoms with Gasteiger partial charge in [0, 0.05) is 37.6 Å². The first-order valence-corrected chi connectivity index (χ1v) is 8.21. The van der Waals surface area contributed by atoms with E-state index in [1.165, 1.54) is 9.80 Å².